The van der Waals surface area contributed by atoms with Gasteiger partial charge in [0.2, 0.25) is 15.9 Å². The Kier molecular flexibility index (Phi) is 8.53. The van der Waals surface area contributed by atoms with E-state index in [1.54, 1.807) is 18.2 Å². The van der Waals surface area contributed by atoms with Gasteiger partial charge in [0.15, 0.2) is 0 Å². The number of carbonyl (C=O) groups is 1. The number of nitrogens with one attached hydrogen (secondary N) is 1. The highest BCUT2D eigenvalue weighted by Gasteiger charge is 2.33. The Labute approximate surface area is 212 Å². The second kappa shape index (κ2) is 11.4. The molecule has 2 aliphatic rings. The summed E-state index contributed by atoms with van der Waals surface area (Å²) < 4.78 is 27.6. The molecule has 0 bridgehead atoms. The Hall–Kier alpha value is -1.64. The maximum absolute atomic E-state index is 13.1. The van der Waals surface area contributed by atoms with Crippen molar-refractivity contribution >= 4 is 39.1 Å². The van der Waals surface area contributed by atoms with Crippen molar-refractivity contribution in [2.24, 2.45) is 5.92 Å². The van der Waals surface area contributed by atoms with Gasteiger partial charge in [0, 0.05) is 41.8 Å². The summed E-state index contributed by atoms with van der Waals surface area (Å²) in [4.78, 5) is 15.4. The van der Waals surface area contributed by atoms with Gasteiger partial charge in [-0.15, -0.1) is 0 Å². The van der Waals surface area contributed by atoms with Crippen LogP contribution in [0.15, 0.2) is 42.5 Å². The van der Waals surface area contributed by atoms with Crippen LogP contribution < -0.4 is 5.32 Å². The topological polar surface area (TPSA) is 69.7 Å². The first kappa shape index (κ1) is 25.5. The number of carbonyl (C=O) groups excluding carboxylic acids is 1. The van der Waals surface area contributed by atoms with Gasteiger partial charge in [0.1, 0.15) is 0 Å². The zero-order chi connectivity index (χ0) is 24.1. The SMILES string of the molecule is O=C(NCc1ccccc1CN1CCCC1)[C@H]1CCCN(S(=O)(=O)Cc2c(Cl)cccc2Cl)C1. The van der Waals surface area contributed by atoms with Crippen molar-refractivity contribution in [3.05, 3.63) is 69.2 Å². The molecule has 0 spiro atoms. The molecular weight excluding hydrogens is 493 g/mol. The van der Waals surface area contributed by atoms with Crippen LogP contribution in [0.3, 0.4) is 0 Å². The summed E-state index contributed by atoms with van der Waals surface area (Å²) in [5.41, 5.74) is 2.73. The number of benzene rings is 2. The quantitative estimate of drug-likeness (QED) is 0.554. The molecule has 0 aromatic heterocycles. The Morgan fingerprint density at radius 2 is 1.62 bits per heavy atom. The molecule has 2 aliphatic heterocycles. The van der Waals surface area contributed by atoms with Gasteiger partial charge in [-0.2, -0.15) is 0 Å². The zero-order valence-corrected chi connectivity index (χ0v) is 21.5. The number of hydrogen-bond acceptors (Lipinski definition) is 4. The van der Waals surface area contributed by atoms with Crippen molar-refractivity contribution in [3.63, 3.8) is 0 Å². The van der Waals surface area contributed by atoms with Crippen LogP contribution >= 0.6 is 23.2 Å². The van der Waals surface area contributed by atoms with Gasteiger partial charge in [-0.1, -0.05) is 53.5 Å². The van der Waals surface area contributed by atoms with E-state index in [1.807, 2.05) is 12.1 Å². The van der Waals surface area contributed by atoms with Crippen molar-refractivity contribution in [2.75, 3.05) is 26.2 Å². The van der Waals surface area contributed by atoms with Crippen molar-refractivity contribution in [2.45, 2.75) is 44.5 Å². The summed E-state index contributed by atoms with van der Waals surface area (Å²) in [6, 6.07) is 13.1. The lowest BCUT2D eigenvalue weighted by Gasteiger charge is -2.31. The third kappa shape index (κ3) is 6.32. The summed E-state index contributed by atoms with van der Waals surface area (Å²) in [6.45, 7) is 4.14. The van der Waals surface area contributed by atoms with Crippen LogP contribution in [0.4, 0.5) is 0 Å². The predicted molar refractivity (Wildman–Crippen MR) is 136 cm³/mol. The number of sulfonamides is 1. The third-order valence-electron chi connectivity index (χ3n) is 6.70. The summed E-state index contributed by atoms with van der Waals surface area (Å²) >= 11 is 12.4. The number of piperidine rings is 1. The molecule has 0 saturated carbocycles. The number of rotatable bonds is 8. The highest BCUT2D eigenvalue weighted by atomic mass is 35.5. The molecule has 2 fully saturated rings. The third-order valence-corrected chi connectivity index (χ3v) is 9.18. The van der Waals surface area contributed by atoms with E-state index in [-0.39, 0.29) is 24.1 Å². The van der Waals surface area contributed by atoms with Gasteiger partial charge < -0.3 is 5.32 Å². The predicted octanol–water partition coefficient (Wildman–Crippen LogP) is 4.45. The van der Waals surface area contributed by atoms with Gasteiger partial charge >= 0.3 is 0 Å². The zero-order valence-electron chi connectivity index (χ0n) is 19.2. The van der Waals surface area contributed by atoms with E-state index in [2.05, 4.69) is 22.3 Å². The smallest absolute Gasteiger partial charge is 0.224 e. The van der Waals surface area contributed by atoms with E-state index in [4.69, 9.17) is 23.2 Å². The van der Waals surface area contributed by atoms with Crippen LogP contribution in [0.25, 0.3) is 0 Å². The minimum Gasteiger partial charge on any atom is -0.352 e. The van der Waals surface area contributed by atoms with Gasteiger partial charge in [-0.25, -0.2) is 12.7 Å². The first-order chi connectivity index (χ1) is 16.3. The van der Waals surface area contributed by atoms with E-state index in [1.165, 1.54) is 22.7 Å². The highest BCUT2D eigenvalue weighted by Crippen LogP contribution is 2.29. The van der Waals surface area contributed by atoms with Crippen molar-refractivity contribution < 1.29 is 13.2 Å². The van der Waals surface area contributed by atoms with Crippen LogP contribution in [-0.2, 0) is 33.7 Å². The first-order valence-electron chi connectivity index (χ1n) is 11.8. The van der Waals surface area contributed by atoms with E-state index < -0.39 is 10.0 Å². The molecule has 34 heavy (non-hydrogen) atoms. The largest absolute Gasteiger partial charge is 0.352 e. The summed E-state index contributed by atoms with van der Waals surface area (Å²) in [7, 11) is -3.66. The van der Waals surface area contributed by atoms with Gasteiger partial charge in [-0.05, 0) is 62.0 Å². The van der Waals surface area contributed by atoms with E-state index >= 15 is 0 Å². The minimum absolute atomic E-state index is 0.105. The monoisotopic (exact) mass is 523 g/mol. The molecule has 4 rings (SSSR count). The summed E-state index contributed by atoms with van der Waals surface area (Å²) in [5, 5.41) is 3.71. The molecule has 0 radical (unpaired) electrons. The Bertz CT molecular complexity index is 1100. The van der Waals surface area contributed by atoms with Gasteiger partial charge in [-0.3, -0.25) is 9.69 Å². The number of nitrogens with zero attached hydrogens (tertiary/aromatic N) is 2. The Morgan fingerprint density at radius 1 is 0.941 bits per heavy atom. The van der Waals surface area contributed by atoms with Crippen molar-refractivity contribution in [1.29, 1.82) is 0 Å². The standard InChI is InChI=1S/C25H31Cl2N3O3S/c26-23-10-5-11-24(27)22(23)18-34(32,33)30-14-6-9-21(17-30)25(31)28-15-19-7-1-2-8-20(19)16-29-12-3-4-13-29/h1-2,5,7-8,10-11,21H,3-4,6,9,12-18H2,(H,28,31)/t21-/m0/s1. The Morgan fingerprint density at radius 3 is 2.32 bits per heavy atom. The maximum atomic E-state index is 13.1. The van der Waals surface area contributed by atoms with Crippen LogP contribution in [0.1, 0.15) is 42.4 Å². The molecule has 6 nitrogen and oxygen atoms in total. The lowest BCUT2D eigenvalue weighted by molar-refractivity contribution is -0.126. The van der Waals surface area contributed by atoms with Gasteiger partial charge in [0.05, 0.1) is 11.7 Å². The average Bonchev–Trinajstić information content (AvgIpc) is 3.34. The molecule has 2 aromatic rings. The summed E-state index contributed by atoms with van der Waals surface area (Å²) in [6.07, 6.45) is 3.78. The molecule has 184 valence electrons. The second-order valence-electron chi connectivity index (χ2n) is 9.12. The van der Waals surface area contributed by atoms with Crippen LogP contribution in [-0.4, -0.2) is 49.7 Å². The molecule has 1 atom stereocenters. The fraction of sp³-hybridized carbons (Fsp3) is 0.480. The van der Waals surface area contributed by atoms with E-state index in [9.17, 15) is 13.2 Å². The normalized spacial score (nSPS) is 19.9. The highest BCUT2D eigenvalue weighted by molar-refractivity contribution is 7.88. The second-order valence-corrected chi connectivity index (χ2v) is 11.9. The van der Waals surface area contributed by atoms with Gasteiger partial charge in [0.25, 0.3) is 0 Å². The Balaban J connectivity index is 1.36. The maximum Gasteiger partial charge on any atom is 0.224 e. The van der Waals surface area contributed by atoms with Crippen molar-refractivity contribution in [3.8, 4) is 0 Å². The van der Waals surface area contributed by atoms with Crippen LogP contribution in [0.5, 0.6) is 0 Å². The molecular formula is C25H31Cl2N3O3S. The van der Waals surface area contributed by atoms with E-state index in [0.717, 1.165) is 25.2 Å². The number of likely N-dealkylation sites (tertiary alicyclic amines) is 1. The minimum atomic E-state index is -3.66. The number of hydrogen-bond donors (Lipinski definition) is 1. The molecule has 9 heteroatoms. The number of amides is 1. The van der Waals surface area contributed by atoms with Crippen LogP contribution in [0, 0.1) is 5.92 Å². The first-order valence-corrected chi connectivity index (χ1v) is 14.2. The molecule has 1 N–H and O–H groups in total. The fourth-order valence-corrected chi connectivity index (χ4v) is 7.11. The molecule has 2 saturated heterocycles. The van der Waals surface area contributed by atoms with Crippen molar-refractivity contribution in [1.82, 2.24) is 14.5 Å². The lowest BCUT2D eigenvalue weighted by atomic mass is 9.98. The average molecular weight is 525 g/mol. The lowest BCUT2D eigenvalue weighted by Crippen LogP contribution is -2.45. The summed E-state index contributed by atoms with van der Waals surface area (Å²) in [5.74, 6) is -0.758. The van der Waals surface area contributed by atoms with E-state index in [0.29, 0.717) is 41.5 Å². The molecule has 2 aromatic carbocycles. The fourth-order valence-electron chi connectivity index (χ4n) is 4.75. The molecule has 0 unspecified atom stereocenters. The number of halogens is 2. The molecule has 1 amide bonds. The van der Waals surface area contributed by atoms with Crippen LogP contribution in [0.2, 0.25) is 10.0 Å². The molecule has 0 aliphatic carbocycles. The molecule has 2 heterocycles.